The van der Waals surface area contributed by atoms with Crippen molar-refractivity contribution >= 4 is 34.8 Å². The fraction of sp³-hybridized carbons (Fsp3) is 0.125. The highest BCUT2D eigenvalue weighted by Crippen LogP contribution is 2.29. The minimum atomic E-state index is -1.11. The van der Waals surface area contributed by atoms with Gasteiger partial charge in [-0.1, -0.05) is 0 Å². The Morgan fingerprint density at radius 2 is 1.94 bits per heavy atom. The number of carbonyl (C=O) groups is 2. The van der Waals surface area contributed by atoms with Crippen LogP contribution >= 0.6 is 0 Å². The van der Waals surface area contributed by atoms with Crippen molar-refractivity contribution < 1.29 is 33.7 Å². The molecule has 0 unspecified atom stereocenters. The van der Waals surface area contributed by atoms with Crippen molar-refractivity contribution in [3.05, 3.63) is 66.7 Å². The Morgan fingerprint density at radius 1 is 1.23 bits per heavy atom. The van der Waals surface area contributed by atoms with Crippen LogP contribution in [0.4, 0.5) is 21.9 Å². The molecule has 31 heavy (non-hydrogen) atoms. The lowest BCUT2D eigenvalue weighted by Crippen LogP contribution is -2.29. The van der Waals surface area contributed by atoms with Gasteiger partial charge in [0.25, 0.3) is 17.3 Å². The summed E-state index contributed by atoms with van der Waals surface area (Å²) in [6, 6.07) is 3.41. The molecule has 162 valence electrons. The van der Waals surface area contributed by atoms with E-state index < -0.39 is 62.2 Å². The van der Waals surface area contributed by atoms with E-state index in [9.17, 15) is 39.7 Å². The van der Waals surface area contributed by atoms with Crippen LogP contribution in [0.3, 0.4) is 0 Å². The summed E-state index contributed by atoms with van der Waals surface area (Å²) in [6.45, 7) is 0. The van der Waals surface area contributed by atoms with Gasteiger partial charge in [0.05, 0.1) is 35.7 Å². The summed E-state index contributed by atoms with van der Waals surface area (Å²) in [7, 11) is 1.02. The first-order valence-electron chi connectivity index (χ1n) is 8.08. The summed E-state index contributed by atoms with van der Waals surface area (Å²) >= 11 is 0. The third-order valence-corrected chi connectivity index (χ3v) is 3.62. The van der Waals surface area contributed by atoms with Gasteiger partial charge in [0.2, 0.25) is 11.2 Å². The predicted molar refractivity (Wildman–Crippen MR) is 102 cm³/mol. The monoisotopic (exact) mass is 435 g/mol. The zero-order valence-electron chi connectivity index (χ0n) is 15.6. The van der Waals surface area contributed by atoms with E-state index in [0.717, 1.165) is 31.6 Å². The summed E-state index contributed by atoms with van der Waals surface area (Å²) in [5.74, 6) is -2.31. The number of nitrogens with zero attached hydrogens (tertiary/aromatic N) is 3. The molecule has 1 aromatic heterocycles. The first-order chi connectivity index (χ1) is 14.6. The molecule has 2 aromatic rings. The van der Waals surface area contributed by atoms with Gasteiger partial charge in [-0.15, -0.1) is 0 Å². The van der Waals surface area contributed by atoms with Gasteiger partial charge in [-0.05, 0) is 6.07 Å². The number of carbonyl (C=O) groups excluding carboxylic acids is 2. The number of hydrogen-bond acceptors (Lipinski definition) is 11. The van der Waals surface area contributed by atoms with Crippen molar-refractivity contribution in [2.24, 2.45) is 5.10 Å². The number of ether oxygens (including phenoxy) is 1. The predicted octanol–water partition coefficient (Wildman–Crippen LogP) is 1.05. The summed E-state index contributed by atoms with van der Waals surface area (Å²) < 4.78 is 9.28. The van der Waals surface area contributed by atoms with E-state index in [1.807, 2.05) is 5.43 Å². The summed E-state index contributed by atoms with van der Waals surface area (Å²) in [6.07, 6.45) is -0.731. The van der Waals surface area contributed by atoms with Crippen LogP contribution in [0.5, 0.6) is 5.75 Å². The van der Waals surface area contributed by atoms with Gasteiger partial charge in [-0.3, -0.25) is 29.8 Å². The maximum Gasteiger partial charge on any atom is 0.427 e. The number of benzene rings is 1. The van der Waals surface area contributed by atoms with Crippen molar-refractivity contribution in [1.29, 1.82) is 0 Å². The average Bonchev–Trinajstić information content (AvgIpc) is 2.73. The Morgan fingerprint density at radius 3 is 2.55 bits per heavy atom. The van der Waals surface area contributed by atoms with Crippen LogP contribution < -0.4 is 16.2 Å². The molecule has 3 N–H and O–H groups in total. The topological polar surface area (TPSA) is 217 Å². The number of hydrogen-bond donors (Lipinski definition) is 3. The van der Waals surface area contributed by atoms with Crippen LogP contribution in [0, 0.1) is 20.2 Å². The average molecular weight is 435 g/mol. The van der Waals surface area contributed by atoms with E-state index >= 15 is 0 Å². The van der Waals surface area contributed by atoms with Crippen molar-refractivity contribution in [3.8, 4) is 5.75 Å². The van der Waals surface area contributed by atoms with E-state index in [4.69, 9.17) is 4.42 Å². The molecular formula is C16H13N5O10. The fourth-order valence-electron chi connectivity index (χ4n) is 2.14. The highest BCUT2D eigenvalue weighted by Gasteiger charge is 2.24. The highest BCUT2D eigenvalue weighted by atomic mass is 16.6. The molecule has 0 spiro atoms. The maximum absolute atomic E-state index is 12.6. The first-order valence-corrected chi connectivity index (χ1v) is 8.08. The molecule has 2 rings (SSSR count). The second kappa shape index (κ2) is 9.59. The molecule has 0 radical (unpaired) electrons. The SMILES string of the molecule is COC(=O)N/N=C(/Cc1occc(=O)c1O)C(=O)Nc1ccc([N+](=O)[O-])cc1[N+](=O)[O-]. The second-order valence-corrected chi connectivity index (χ2v) is 5.57. The largest absolute Gasteiger partial charge is 0.502 e. The van der Waals surface area contributed by atoms with Gasteiger partial charge < -0.3 is 19.6 Å². The van der Waals surface area contributed by atoms with Gasteiger partial charge in [0.1, 0.15) is 11.4 Å². The number of methoxy groups -OCH3 is 1. The lowest BCUT2D eigenvalue weighted by molar-refractivity contribution is -0.393. The minimum absolute atomic E-state index is 0.383. The van der Waals surface area contributed by atoms with Crippen LogP contribution in [0.1, 0.15) is 5.76 Å². The van der Waals surface area contributed by atoms with E-state index in [1.165, 1.54) is 0 Å². The highest BCUT2D eigenvalue weighted by molar-refractivity contribution is 6.43. The molecule has 1 aromatic carbocycles. The number of nitro groups is 2. The Hall–Kier alpha value is -4.82. The molecule has 0 aliphatic heterocycles. The molecular weight excluding hydrogens is 422 g/mol. The molecule has 15 heteroatoms. The Kier molecular flexibility index (Phi) is 6.95. The number of amides is 2. The minimum Gasteiger partial charge on any atom is -0.502 e. The van der Waals surface area contributed by atoms with Crippen LogP contribution in [0.15, 0.2) is 44.8 Å². The number of aromatic hydroxyl groups is 1. The summed E-state index contributed by atoms with van der Waals surface area (Å²) in [4.78, 5) is 55.7. The van der Waals surface area contributed by atoms with Crippen molar-refractivity contribution in [2.45, 2.75) is 6.42 Å². The van der Waals surface area contributed by atoms with Crippen LogP contribution in [-0.4, -0.2) is 39.8 Å². The molecule has 0 aliphatic carbocycles. The molecule has 0 atom stereocenters. The molecule has 15 nitrogen and oxygen atoms in total. The van der Waals surface area contributed by atoms with Crippen LogP contribution in [0.25, 0.3) is 0 Å². The third-order valence-electron chi connectivity index (χ3n) is 3.62. The molecule has 0 saturated carbocycles. The van der Waals surface area contributed by atoms with E-state index in [-0.39, 0.29) is 5.76 Å². The quantitative estimate of drug-likeness (QED) is 0.319. The van der Waals surface area contributed by atoms with Gasteiger partial charge in [0, 0.05) is 12.1 Å². The third kappa shape index (κ3) is 5.59. The van der Waals surface area contributed by atoms with Gasteiger partial charge in [-0.2, -0.15) is 5.10 Å². The van der Waals surface area contributed by atoms with Gasteiger partial charge >= 0.3 is 6.09 Å². The zero-order valence-corrected chi connectivity index (χ0v) is 15.6. The summed E-state index contributed by atoms with van der Waals surface area (Å²) in [5.41, 5.74) is -1.28. The second-order valence-electron chi connectivity index (χ2n) is 5.57. The standard InChI is InChI=1S/C16H13N5O10/c1-30-16(25)19-18-10(7-13-14(23)12(22)4-5-31-13)15(24)17-9-3-2-8(20(26)27)6-11(9)21(28)29/h2-6,23H,7H2,1H3,(H,17,24)(H,19,25)/b18-10-. The van der Waals surface area contributed by atoms with E-state index in [2.05, 4.69) is 15.2 Å². The Balaban J connectivity index is 2.40. The lowest BCUT2D eigenvalue weighted by Gasteiger charge is -2.09. The van der Waals surface area contributed by atoms with E-state index in [0.29, 0.717) is 6.07 Å². The van der Waals surface area contributed by atoms with Crippen LogP contribution in [0.2, 0.25) is 0 Å². The van der Waals surface area contributed by atoms with Crippen molar-refractivity contribution in [2.75, 3.05) is 12.4 Å². The van der Waals surface area contributed by atoms with Gasteiger partial charge in [-0.25, -0.2) is 10.2 Å². The number of rotatable bonds is 7. The maximum atomic E-state index is 12.6. The van der Waals surface area contributed by atoms with Gasteiger partial charge in [0.15, 0.2) is 5.76 Å². The number of anilines is 1. The Bertz CT molecular complexity index is 1140. The molecule has 1 heterocycles. The Labute approximate surface area is 171 Å². The molecule has 2 amide bonds. The molecule has 0 saturated heterocycles. The summed E-state index contributed by atoms with van der Waals surface area (Å²) in [5, 5.41) is 37.5. The number of nitrogens with one attached hydrogen (secondary N) is 2. The van der Waals surface area contributed by atoms with Crippen LogP contribution in [-0.2, 0) is 16.0 Å². The number of nitro benzene ring substituents is 2. The van der Waals surface area contributed by atoms with Crippen molar-refractivity contribution in [1.82, 2.24) is 5.43 Å². The number of hydrazone groups is 1. The normalized spacial score (nSPS) is 10.8. The smallest absolute Gasteiger partial charge is 0.427 e. The number of non-ortho nitro benzene ring substituents is 1. The molecule has 0 aliphatic rings. The van der Waals surface area contributed by atoms with E-state index in [1.54, 1.807) is 0 Å². The first kappa shape index (κ1) is 22.5. The molecule has 0 bridgehead atoms. The zero-order chi connectivity index (χ0) is 23.1. The van der Waals surface area contributed by atoms with Crippen molar-refractivity contribution in [3.63, 3.8) is 0 Å². The molecule has 0 fully saturated rings. The fourth-order valence-corrected chi connectivity index (χ4v) is 2.14. The lowest BCUT2D eigenvalue weighted by atomic mass is 10.1.